The van der Waals surface area contributed by atoms with E-state index in [1.807, 2.05) is 19.2 Å². The van der Waals surface area contributed by atoms with Gasteiger partial charge in [0.05, 0.1) is 6.04 Å². The van der Waals surface area contributed by atoms with Crippen molar-refractivity contribution in [3.63, 3.8) is 0 Å². The second kappa shape index (κ2) is 5.11. The first-order valence-electron chi connectivity index (χ1n) is 6.74. The van der Waals surface area contributed by atoms with Crippen molar-refractivity contribution < 1.29 is 0 Å². The Labute approximate surface area is 113 Å². The Balaban J connectivity index is 1.81. The zero-order valence-corrected chi connectivity index (χ0v) is 11.1. The van der Waals surface area contributed by atoms with Gasteiger partial charge in [-0.1, -0.05) is 36.4 Å². The molecule has 98 valence electrons. The van der Waals surface area contributed by atoms with Crippen LogP contribution in [0.3, 0.4) is 0 Å². The Hall–Kier alpha value is -1.71. The molecule has 1 aliphatic rings. The highest BCUT2D eigenvalue weighted by Gasteiger charge is 2.44. The van der Waals surface area contributed by atoms with Gasteiger partial charge in [0.2, 0.25) is 0 Å². The zero-order chi connectivity index (χ0) is 13.2. The average Bonchev–Trinajstić information content (AvgIpc) is 3.23. The molecule has 0 bridgehead atoms. The van der Waals surface area contributed by atoms with E-state index in [1.54, 1.807) is 0 Å². The Bertz CT molecular complexity index is 553. The van der Waals surface area contributed by atoms with Gasteiger partial charge in [0.1, 0.15) is 0 Å². The molecule has 1 aromatic heterocycles. The molecular formula is C16H19N3. The van der Waals surface area contributed by atoms with E-state index in [0.29, 0.717) is 11.8 Å². The van der Waals surface area contributed by atoms with E-state index in [1.165, 1.54) is 17.5 Å². The summed E-state index contributed by atoms with van der Waals surface area (Å²) in [5, 5.41) is 0. The molecule has 0 amide bonds. The van der Waals surface area contributed by atoms with Gasteiger partial charge in [-0.05, 0) is 42.4 Å². The topological polar surface area (TPSA) is 50.9 Å². The Kier molecular flexibility index (Phi) is 3.32. The molecular weight excluding hydrogens is 234 g/mol. The molecule has 3 heteroatoms. The molecule has 3 atom stereocenters. The van der Waals surface area contributed by atoms with E-state index in [0.717, 1.165) is 5.69 Å². The molecule has 0 spiro atoms. The third-order valence-corrected chi connectivity index (χ3v) is 4.06. The molecule has 1 aliphatic carbocycles. The van der Waals surface area contributed by atoms with Crippen LogP contribution in [0.1, 0.15) is 35.2 Å². The first-order chi connectivity index (χ1) is 9.31. The van der Waals surface area contributed by atoms with Crippen LogP contribution in [-0.4, -0.2) is 4.98 Å². The molecule has 19 heavy (non-hydrogen) atoms. The lowest BCUT2D eigenvalue weighted by Crippen LogP contribution is -2.30. The molecule has 1 saturated carbocycles. The van der Waals surface area contributed by atoms with Gasteiger partial charge in [0.15, 0.2) is 0 Å². The van der Waals surface area contributed by atoms with Crippen LogP contribution in [-0.2, 0) is 0 Å². The van der Waals surface area contributed by atoms with E-state index in [2.05, 4.69) is 46.8 Å². The van der Waals surface area contributed by atoms with Crippen LogP contribution in [0.2, 0.25) is 0 Å². The monoisotopic (exact) mass is 253 g/mol. The molecule has 1 aromatic carbocycles. The van der Waals surface area contributed by atoms with Crippen LogP contribution in [0.25, 0.3) is 0 Å². The maximum Gasteiger partial charge on any atom is 0.0512 e. The highest BCUT2D eigenvalue weighted by molar-refractivity contribution is 5.31. The number of nitrogens with one attached hydrogen (secondary N) is 1. The van der Waals surface area contributed by atoms with Crippen LogP contribution in [0.5, 0.6) is 0 Å². The largest absolute Gasteiger partial charge is 0.271 e. The summed E-state index contributed by atoms with van der Waals surface area (Å²) >= 11 is 0. The minimum absolute atomic E-state index is 0.193. The predicted octanol–water partition coefficient (Wildman–Crippen LogP) is 2.70. The summed E-state index contributed by atoms with van der Waals surface area (Å²) in [7, 11) is 0. The SMILES string of the molecule is Cc1ncccc1C(NN)C1CC1c1ccccc1. The number of nitrogens with two attached hydrogens (primary N) is 1. The highest BCUT2D eigenvalue weighted by atomic mass is 15.2. The third kappa shape index (κ3) is 2.39. The summed E-state index contributed by atoms with van der Waals surface area (Å²) in [4.78, 5) is 4.36. The van der Waals surface area contributed by atoms with Crippen LogP contribution in [0.15, 0.2) is 48.7 Å². The second-order valence-corrected chi connectivity index (χ2v) is 5.24. The minimum atomic E-state index is 0.193. The summed E-state index contributed by atoms with van der Waals surface area (Å²) in [6.45, 7) is 2.04. The number of hydrogen-bond donors (Lipinski definition) is 2. The molecule has 3 nitrogen and oxygen atoms in total. The van der Waals surface area contributed by atoms with Crippen LogP contribution in [0.4, 0.5) is 0 Å². The van der Waals surface area contributed by atoms with Crippen molar-refractivity contribution in [2.24, 2.45) is 11.8 Å². The molecule has 0 saturated heterocycles. The van der Waals surface area contributed by atoms with E-state index < -0.39 is 0 Å². The number of aromatic nitrogens is 1. The molecule has 3 unspecified atom stereocenters. The van der Waals surface area contributed by atoms with Gasteiger partial charge in [-0.2, -0.15) is 0 Å². The van der Waals surface area contributed by atoms with Crippen LogP contribution >= 0.6 is 0 Å². The number of hydrogen-bond acceptors (Lipinski definition) is 3. The van der Waals surface area contributed by atoms with Crippen LogP contribution < -0.4 is 11.3 Å². The molecule has 1 fully saturated rings. The summed E-state index contributed by atoms with van der Waals surface area (Å²) in [6.07, 6.45) is 3.02. The van der Waals surface area contributed by atoms with Gasteiger partial charge < -0.3 is 0 Å². The Morgan fingerprint density at radius 1 is 1.21 bits per heavy atom. The first-order valence-corrected chi connectivity index (χ1v) is 6.74. The Morgan fingerprint density at radius 3 is 2.68 bits per heavy atom. The Morgan fingerprint density at radius 2 is 2.00 bits per heavy atom. The number of hydrazine groups is 1. The minimum Gasteiger partial charge on any atom is -0.271 e. The lowest BCUT2D eigenvalue weighted by Gasteiger charge is -2.18. The standard InChI is InChI=1S/C16H19N3/c1-11-13(8-5-9-18-11)16(19-17)15-10-14(15)12-6-3-2-4-7-12/h2-9,14-16,19H,10,17H2,1H3. The van der Waals surface area contributed by atoms with Gasteiger partial charge in [0.25, 0.3) is 0 Å². The smallest absolute Gasteiger partial charge is 0.0512 e. The van der Waals surface area contributed by atoms with Crippen molar-refractivity contribution >= 4 is 0 Å². The quantitative estimate of drug-likeness (QED) is 0.650. The van der Waals surface area contributed by atoms with E-state index in [-0.39, 0.29) is 6.04 Å². The number of aryl methyl sites for hydroxylation is 1. The van der Waals surface area contributed by atoms with Gasteiger partial charge in [-0.3, -0.25) is 16.3 Å². The van der Waals surface area contributed by atoms with Gasteiger partial charge in [-0.15, -0.1) is 0 Å². The van der Waals surface area contributed by atoms with Crippen molar-refractivity contribution in [1.82, 2.24) is 10.4 Å². The lowest BCUT2D eigenvalue weighted by molar-refractivity contribution is 0.483. The van der Waals surface area contributed by atoms with Crippen molar-refractivity contribution in [2.75, 3.05) is 0 Å². The highest BCUT2D eigenvalue weighted by Crippen LogP contribution is 2.53. The summed E-state index contributed by atoms with van der Waals surface area (Å²) in [5.74, 6) is 6.96. The van der Waals surface area contributed by atoms with Crippen molar-refractivity contribution in [3.8, 4) is 0 Å². The molecule has 0 radical (unpaired) electrons. The number of rotatable bonds is 4. The molecule has 2 aromatic rings. The normalized spacial score (nSPS) is 23.1. The summed E-state index contributed by atoms with van der Waals surface area (Å²) < 4.78 is 0. The van der Waals surface area contributed by atoms with Gasteiger partial charge in [0, 0.05) is 11.9 Å². The number of benzene rings is 1. The molecule has 1 heterocycles. The van der Waals surface area contributed by atoms with E-state index in [4.69, 9.17) is 5.84 Å². The third-order valence-electron chi connectivity index (χ3n) is 4.06. The van der Waals surface area contributed by atoms with E-state index >= 15 is 0 Å². The maximum absolute atomic E-state index is 5.78. The number of nitrogens with zero attached hydrogens (tertiary/aromatic N) is 1. The fourth-order valence-electron chi connectivity index (χ4n) is 2.94. The van der Waals surface area contributed by atoms with Crippen molar-refractivity contribution in [1.29, 1.82) is 0 Å². The first kappa shape index (κ1) is 12.3. The predicted molar refractivity (Wildman–Crippen MR) is 76.3 cm³/mol. The van der Waals surface area contributed by atoms with E-state index in [9.17, 15) is 0 Å². The molecule has 3 rings (SSSR count). The van der Waals surface area contributed by atoms with Crippen LogP contribution in [0, 0.1) is 12.8 Å². The number of pyridine rings is 1. The summed E-state index contributed by atoms with van der Waals surface area (Å²) in [5.41, 5.74) is 6.67. The fraction of sp³-hybridized carbons (Fsp3) is 0.312. The maximum atomic E-state index is 5.78. The van der Waals surface area contributed by atoms with Crippen molar-refractivity contribution in [3.05, 3.63) is 65.5 Å². The molecule has 3 N–H and O–H groups in total. The summed E-state index contributed by atoms with van der Waals surface area (Å²) in [6, 6.07) is 15.0. The average molecular weight is 253 g/mol. The second-order valence-electron chi connectivity index (χ2n) is 5.24. The fourth-order valence-corrected chi connectivity index (χ4v) is 2.94. The zero-order valence-electron chi connectivity index (χ0n) is 11.1. The van der Waals surface area contributed by atoms with Gasteiger partial charge in [-0.25, -0.2) is 0 Å². The van der Waals surface area contributed by atoms with Crippen molar-refractivity contribution in [2.45, 2.75) is 25.3 Å². The lowest BCUT2D eigenvalue weighted by atomic mass is 9.98. The molecule has 0 aliphatic heterocycles. The van der Waals surface area contributed by atoms with Gasteiger partial charge >= 0.3 is 0 Å².